The molecule has 0 radical (unpaired) electrons. The minimum atomic E-state index is -3.73. The van der Waals surface area contributed by atoms with Crippen LogP contribution < -0.4 is 25.4 Å². The zero-order chi connectivity index (χ0) is 24.0. The number of alkyl halides is 2. The zero-order valence-electron chi connectivity index (χ0n) is 17.7. The summed E-state index contributed by atoms with van der Waals surface area (Å²) in [5.41, 5.74) is 2.71. The summed E-state index contributed by atoms with van der Waals surface area (Å²) in [6.45, 7) is 1.63. The lowest BCUT2D eigenvalue weighted by molar-refractivity contribution is -0.286. The lowest BCUT2D eigenvalue weighted by Crippen LogP contribution is -2.25. The number of thiazole rings is 1. The number of amides is 1. The quantitative estimate of drug-likeness (QED) is 0.298. The second-order valence-electron chi connectivity index (χ2n) is 6.98. The van der Waals surface area contributed by atoms with E-state index in [4.69, 9.17) is 9.84 Å². The number of pyridine rings is 1. The summed E-state index contributed by atoms with van der Waals surface area (Å²) in [6, 6.07) is 7.69. The molecule has 4 N–H and O–H groups in total. The van der Waals surface area contributed by atoms with Gasteiger partial charge in [0, 0.05) is 31.0 Å². The maximum Gasteiger partial charge on any atom is 0.586 e. The summed E-state index contributed by atoms with van der Waals surface area (Å²) >= 11 is 1.14. The van der Waals surface area contributed by atoms with E-state index in [1.807, 2.05) is 12.1 Å². The highest BCUT2D eigenvalue weighted by Crippen LogP contribution is 2.42. The molecule has 2 aromatic heterocycles. The summed E-state index contributed by atoms with van der Waals surface area (Å²) in [5, 5.41) is 17.6. The molecule has 0 fully saturated rings. The maximum atomic E-state index is 13.2. The third-order valence-electron chi connectivity index (χ3n) is 4.51. The van der Waals surface area contributed by atoms with Gasteiger partial charge in [0.05, 0.1) is 25.3 Å². The van der Waals surface area contributed by atoms with Gasteiger partial charge in [-0.25, -0.2) is 9.97 Å². The third kappa shape index (κ3) is 6.07. The van der Waals surface area contributed by atoms with E-state index in [1.165, 1.54) is 23.7 Å². The van der Waals surface area contributed by atoms with Crippen LogP contribution in [0.15, 0.2) is 42.0 Å². The molecule has 3 aromatic rings. The van der Waals surface area contributed by atoms with Gasteiger partial charge in [0.15, 0.2) is 11.5 Å². The van der Waals surface area contributed by atoms with Crippen LogP contribution in [0.25, 0.3) is 0 Å². The van der Waals surface area contributed by atoms with Gasteiger partial charge in [-0.3, -0.25) is 4.79 Å². The zero-order valence-corrected chi connectivity index (χ0v) is 18.5. The second kappa shape index (κ2) is 10.6. The molecule has 13 heteroatoms. The number of fused-ring (bicyclic) bond motifs is 1. The number of carbonyl (C=O) groups is 1. The van der Waals surface area contributed by atoms with Crippen molar-refractivity contribution in [2.75, 3.05) is 42.3 Å². The van der Waals surface area contributed by atoms with Crippen LogP contribution in [0.1, 0.15) is 15.2 Å². The summed E-state index contributed by atoms with van der Waals surface area (Å²) < 4.78 is 40.4. The number of nitrogens with one attached hydrogen (secondary N) is 3. The average Bonchev–Trinajstić information content (AvgIpc) is 3.40. The van der Waals surface area contributed by atoms with Gasteiger partial charge in [-0.15, -0.1) is 20.1 Å². The monoisotopic (exact) mass is 493 g/mol. The first-order chi connectivity index (χ1) is 16.4. The number of aliphatic hydroxyl groups is 1. The Kier molecular flexibility index (Phi) is 7.35. The highest BCUT2D eigenvalue weighted by atomic mass is 32.1. The Labute approximate surface area is 196 Å². The van der Waals surface area contributed by atoms with Crippen molar-refractivity contribution < 1.29 is 32.9 Å². The number of nitrogens with zero attached hydrogens (tertiary/aromatic N) is 2. The summed E-state index contributed by atoms with van der Waals surface area (Å²) in [5.74, 6) is 0.338. The molecule has 1 aliphatic heterocycles. The number of aliphatic hydroxyl groups excluding tert-OH is 1. The molecule has 180 valence electrons. The molecule has 4 rings (SSSR count). The lowest BCUT2D eigenvalue weighted by atomic mass is 10.2. The fourth-order valence-electron chi connectivity index (χ4n) is 3.03. The fraction of sp³-hybridized carbons (Fsp3) is 0.286. The minimum absolute atomic E-state index is 0.0222. The first kappa shape index (κ1) is 23.6. The topological polar surface area (TPSA) is 127 Å². The minimum Gasteiger partial charge on any atom is -0.395 e. The Balaban J connectivity index is 1.33. The number of hydrogen-bond acceptors (Lipinski definition) is 10. The van der Waals surface area contributed by atoms with Crippen molar-refractivity contribution in [1.29, 1.82) is 0 Å². The molecule has 0 unspecified atom stereocenters. The third-order valence-corrected chi connectivity index (χ3v) is 5.33. The molecular formula is C21H21F2N5O5S. The molecule has 34 heavy (non-hydrogen) atoms. The molecule has 1 aliphatic rings. The van der Waals surface area contributed by atoms with Crippen LogP contribution in [0.4, 0.5) is 26.1 Å². The van der Waals surface area contributed by atoms with Crippen molar-refractivity contribution in [1.82, 2.24) is 9.97 Å². The van der Waals surface area contributed by atoms with Crippen molar-refractivity contribution >= 4 is 34.6 Å². The van der Waals surface area contributed by atoms with Gasteiger partial charge in [0.2, 0.25) is 0 Å². The van der Waals surface area contributed by atoms with Crippen molar-refractivity contribution in [3.05, 3.63) is 52.5 Å². The van der Waals surface area contributed by atoms with Gasteiger partial charge in [-0.2, -0.15) is 0 Å². The number of benzene rings is 1. The number of hydrogen-bond donors (Lipinski definition) is 4. The van der Waals surface area contributed by atoms with Gasteiger partial charge in [-0.1, -0.05) is 0 Å². The molecule has 3 heterocycles. The van der Waals surface area contributed by atoms with E-state index in [0.717, 1.165) is 16.9 Å². The largest absolute Gasteiger partial charge is 0.586 e. The first-order valence-electron chi connectivity index (χ1n) is 10.2. The Morgan fingerprint density at radius 1 is 1.12 bits per heavy atom. The molecule has 0 spiro atoms. The average molecular weight is 493 g/mol. The predicted molar refractivity (Wildman–Crippen MR) is 121 cm³/mol. The number of ether oxygens (including phenoxy) is 3. The van der Waals surface area contributed by atoms with Gasteiger partial charge in [0.1, 0.15) is 16.5 Å². The van der Waals surface area contributed by atoms with E-state index >= 15 is 0 Å². The van der Waals surface area contributed by atoms with Gasteiger partial charge in [0.25, 0.3) is 5.91 Å². The van der Waals surface area contributed by atoms with Crippen molar-refractivity contribution in [2.45, 2.75) is 12.8 Å². The molecule has 0 saturated heterocycles. The van der Waals surface area contributed by atoms with E-state index in [1.54, 1.807) is 6.20 Å². The van der Waals surface area contributed by atoms with Crippen LogP contribution in [0, 0.1) is 0 Å². The van der Waals surface area contributed by atoms with E-state index in [2.05, 4.69) is 35.4 Å². The van der Waals surface area contributed by atoms with Gasteiger partial charge >= 0.3 is 6.29 Å². The molecule has 0 atom stereocenters. The molecule has 0 bridgehead atoms. The van der Waals surface area contributed by atoms with E-state index in [9.17, 15) is 13.6 Å². The van der Waals surface area contributed by atoms with Crippen LogP contribution in [0.3, 0.4) is 0 Å². The highest BCUT2D eigenvalue weighted by Gasteiger charge is 2.43. The molecular weight excluding hydrogens is 472 g/mol. The summed E-state index contributed by atoms with van der Waals surface area (Å²) in [6.07, 6.45) is -2.07. The van der Waals surface area contributed by atoms with E-state index in [0.29, 0.717) is 36.2 Å². The molecule has 1 aromatic carbocycles. The molecule has 10 nitrogen and oxygen atoms in total. The second-order valence-corrected chi connectivity index (χ2v) is 7.83. The standard InChI is InChI=1S/C21H21F2N5O5S/c22-21(23)32-15-2-1-14(10-16(15)33-21)28-20(30)18-19(27-12-34-18)26-11-13-3-4-24-17(9-13)25-5-7-31-8-6-29/h1-4,9-10,12,26,29H,5-8,11H2,(H,24,25)(H,28,30). The molecule has 0 saturated carbocycles. The maximum absolute atomic E-state index is 13.2. The van der Waals surface area contributed by atoms with Crippen molar-refractivity contribution in [3.63, 3.8) is 0 Å². The van der Waals surface area contributed by atoms with Crippen LogP contribution in [0.5, 0.6) is 11.5 Å². The number of halogens is 2. The fourth-order valence-corrected chi connectivity index (χ4v) is 3.69. The highest BCUT2D eigenvalue weighted by molar-refractivity contribution is 7.12. The lowest BCUT2D eigenvalue weighted by Gasteiger charge is -2.10. The van der Waals surface area contributed by atoms with E-state index in [-0.39, 0.29) is 30.4 Å². The van der Waals surface area contributed by atoms with Crippen LogP contribution in [-0.4, -0.2) is 53.6 Å². The Bertz CT molecular complexity index is 1150. The SMILES string of the molecule is O=C(Nc1ccc2c(c1)OC(F)(F)O2)c1scnc1NCc1ccnc(NCCOCCO)c1. The number of rotatable bonds is 11. The summed E-state index contributed by atoms with van der Waals surface area (Å²) in [7, 11) is 0. The van der Waals surface area contributed by atoms with Crippen LogP contribution in [-0.2, 0) is 11.3 Å². The van der Waals surface area contributed by atoms with Gasteiger partial charge in [-0.05, 0) is 29.8 Å². The Morgan fingerprint density at radius 2 is 1.97 bits per heavy atom. The van der Waals surface area contributed by atoms with E-state index < -0.39 is 12.2 Å². The smallest absolute Gasteiger partial charge is 0.395 e. The number of anilines is 3. The van der Waals surface area contributed by atoms with Crippen LogP contribution in [0.2, 0.25) is 0 Å². The molecule has 0 aliphatic carbocycles. The van der Waals surface area contributed by atoms with Gasteiger partial charge < -0.3 is 35.3 Å². The number of aromatic nitrogens is 2. The predicted octanol–water partition coefficient (Wildman–Crippen LogP) is 3.14. The number of carbonyl (C=O) groups excluding carboxylic acids is 1. The Hall–Kier alpha value is -3.55. The van der Waals surface area contributed by atoms with Crippen molar-refractivity contribution in [3.8, 4) is 11.5 Å². The molecule has 1 amide bonds. The normalized spacial score (nSPS) is 13.5. The Morgan fingerprint density at radius 3 is 2.82 bits per heavy atom. The first-order valence-corrected chi connectivity index (χ1v) is 11.1. The van der Waals surface area contributed by atoms with Crippen LogP contribution >= 0.6 is 11.3 Å². The van der Waals surface area contributed by atoms with Crippen molar-refractivity contribution in [2.24, 2.45) is 0 Å². The summed E-state index contributed by atoms with van der Waals surface area (Å²) in [4.78, 5) is 21.5.